The van der Waals surface area contributed by atoms with Crippen LogP contribution < -0.4 is 4.90 Å². The number of imidazole rings is 1. The number of aryl methyl sites for hydroxylation is 3. The minimum absolute atomic E-state index is 0.386. The molecule has 0 radical (unpaired) electrons. The van der Waals surface area contributed by atoms with Crippen molar-refractivity contribution in [2.45, 2.75) is 25.7 Å². The number of piperazine rings is 1. The van der Waals surface area contributed by atoms with Gasteiger partial charge in [0, 0.05) is 44.6 Å². The summed E-state index contributed by atoms with van der Waals surface area (Å²) >= 11 is 0. The lowest BCUT2D eigenvalue weighted by atomic mass is 10.2. The Kier molecular flexibility index (Phi) is 5.10. The second kappa shape index (κ2) is 7.57. The number of sulfonamides is 1. The number of nitrogens with zero attached hydrogens (tertiary/aromatic N) is 6. The first-order valence-electron chi connectivity index (χ1n) is 9.51. The Labute approximate surface area is 170 Å². The zero-order chi connectivity index (χ0) is 20.6. The van der Waals surface area contributed by atoms with Crippen LogP contribution in [0.25, 0.3) is 5.82 Å². The highest BCUT2D eigenvalue weighted by atomic mass is 32.2. The second-order valence-electron chi connectivity index (χ2n) is 7.24. The summed E-state index contributed by atoms with van der Waals surface area (Å²) in [6.45, 7) is 7.70. The summed E-state index contributed by atoms with van der Waals surface area (Å²) in [7, 11) is -3.50. The molecular weight excluding hydrogens is 388 g/mol. The Hall–Kier alpha value is -2.78. The summed E-state index contributed by atoms with van der Waals surface area (Å²) in [5.41, 5.74) is 1.84. The van der Waals surface area contributed by atoms with Crippen LogP contribution in [0.3, 0.4) is 0 Å². The van der Waals surface area contributed by atoms with Gasteiger partial charge in [-0.05, 0) is 32.4 Å². The molecule has 0 unspecified atom stereocenters. The maximum atomic E-state index is 13.1. The van der Waals surface area contributed by atoms with Gasteiger partial charge in [-0.3, -0.25) is 4.57 Å². The Morgan fingerprint density at radius 3 is 2.28 bits per heavy atom. The van der Waals surface area contributed by atoms with Crippen molar-refractivity contribution in [3.63, 3.8) is 0 Å². The normalized spacial score (nSPS) is 15.6. The van der Waals surface area contributed by atoms with Crippen LogP contribution in [0.2, 0.25) is 0 Å². The van der Waals surface area contributed by atoms with Crippen LogP contribution in [0.4, 0.5) is 5.82 Å². The minimum Gasteiger partial charge on any atom is -0.354 e. The first kappa shape index (κ1) is 19.5. The van der Waals surface area contributed by atoms with E-state index in [2.05, 4.69) is 19.9 Å². The summed E-state index contributed by atoms with van der Waals surface area (Å²) in [4.78, 5) is 15.4. The van der Waals surface area contributed by atoms with E-state index in [1.807, 2.05) is 49.7 Å². The second-order valence-corrected chi connectivity index (χ2v) is 9.15. The third-order valence-corrected chi connectivity index (χ3v) is 7.28. The Balaban J connectivity index is 1.51. The number of aromatic nitrogens is 4. The van der Waals surface area contributed by atoms with Crippen molar-refractivity contribution < 1.29 is 8.42 Å². The molecule has 29 heavy (non-hydrogen) atoms. The largest absolute Gasteiger partial charge is 0.354 e. The number of anilines is 1. The molecule has 0 bridgehead atoms. The Morgan fingerprint density at radius 1 is 0.897 bits per heavy atom. The predicted octanol–water partition coefficient (Wildman–Crippen LogP) is 2.10. The molecule has 1 aliphatic rings. The SMILES string of the molecule is Cc1ccc(S(=O)(=O)N2CCN(c3cc(-n4ccnc4C)ncn3)CC2)c(C)c1. The van der Waals surface area contributed by atoms with E-state index in [9.17, 15) is 8.42 Å². The maximum Gasteiger partial charge on any atom is 0.243 e. The first-order valence-corrected chi connectivity index (χ1v) is 10.9. The molecule has 0 saturated carbocycles. The molecule has 0 amide bonds. The zero-order valence-corrected chi connectivity index (χ0v) is 17.6. The van der Waals surface area contributed by atoms with Crippen LogP contribution in [0.1, 0.15) is 17.0 Å². The molecule has 1 aliphatic heterocycles. The van der Waals surface area contributed by atoms with E-state index in [4.69, 9.17) is 0 Å². The quantitative estimate of drug-likeness (QED) is 0.653. The van der Waals surface area contributed by atoms with Crippen LogP contribution in [-0.4, -0.2) is 58.4 Å². The molecule has 0 N–H and O–H groups in total. The van der Waals surface area contributed by atoms with E-state index in [1.54, 1.807) is 16.6 Å². The summed E-state index contributed by atoms with van der Waals surface area (Å²) in [5.74, 6) is 2.38. The van der Waals surface area contributed by atoms with Gasteiger partial charge in [-0.2, -0.15) is 4.31 Å². The fourth-order valence-corrected chi connectivity index (χ4v) is 5.28. The van der Waals surface area contributed by atoms with Gasteiger partial charge in [-0.15, -0.1) is 0 Å². The molecule has 8 nitrogen and oxygen atoms in total. The molecule has 1 aromatic carbocycles. The Morgan fingerprint density at radius 2 is 1.62 bits per heavy atom. The number of benzene rings is 1. The van der Waals surface area contributed by atoms with Crippen LogP contribution in [0, 0.1) is 20.8 Å². The molecule has 1 saturated heterocycles. The maximum absolute atomic E-state index is 13.1. The van der Waals surface area contributed by atoms with Crippen molar-refractivity contribution in [2.24, 2.45) is 0 Å². The van der Waals surface area contributed by atoms with Crippen molar-refractivity contribution >= 4 is 15.8 Å². The van der Waals surface area contributed by atoms with E-state index in [0.29, 0.717) is 31.1 Å². The predicted molar refractivity (Wildman–Crippen MR) is 111 cm³/mol. The van der Waals surface area contributed by atoms with Crippen molar-refractivity contribution in [3.05, 3.63) is 59.9 Å². The fourth-order valence-electron chi connectivity index (χ4n) is 3.65. The van der Waals surface area contributed by atoms with Crippen molar-refractivity contribution in [1.29, 1.82) is 0 Å². The number of rotatable bonds is 4. The van der Waals surface area contributed by atoms with Gasteiger partial charge in [-0.1, -0.05) is 17.7 Å². The van der Waals surface area contributed by atoms with E-state index >= 15 is 0 Å². The molecule has 152 valence electrons. The molecule has 4 rings (SSSR count). The molecule has 1 fully saturated rings. The number of hydrogen-bond acceptors (Lipinski definition) is 6. The average molecular weight is 413 g/mol. The van der Waals surface area contributed by atoms with Gasteiger partial charge in [0.2, 0.25) is 10.0 Å². The first-order chi connectivity index (χ1) is 13.9. The molecule has 9 heteroatoms. The fraction of sp³-hybridized carbons (Fsp3) is 0.350. The smallest absolute Gasteiger partial charge is 0.243 e. The topological polar surface area (TPSA) is 84.2 Å². The third kappa shape index (κ3) is 3.75. The highest BCUT2D eigenvalue weighted by molar-refractivity contribution is 7.89. The van der Waals surface area contributed by atoms with Gasteiger partial charge in [0.05, 0.1) is 4.90 Å². The molecule has 0 aliphatic carbocycles. The molecule has 3 aromatic rings. The van der Waals surface area contributed by atoms with E-state index in [1.165, 1.54) is 6.33 Å². The molecule has 0 spiro atoms. The van der Waals surface area contributed by atoms with Gasteiger partial charge in [-0.25, -0.2) is 23.4 Å². The van der Waals surface area contributed by atoms with Gasteiger partial charge >= 0.3 is 0 Å². The summed E-state index contributed by atoms with van der Waals surface area (Å²) in [6, 6.07) is 7.36. The van der Waals surface area contributed by atoms with E-state index in [0.717, 1.165) is 28.6 Å². The lowest BCUT2D eigenvalue weighted by Gasteiger charge is -2.35. The molecular formula is C20H24N6O2S. The van der Waals surface area contributed by atoms with Gasteiger partial charge in [0.1, 0.15) is 23.8 Å². The molecule has 3 heterocycles. The van der Waals surface area contributed by atoms with Gasteiger partial charge in [0.25, 0.3) is 0 Å². The molecule has 0 atom stereocenters. The lowest BCUT2D eigenvalue weighted by Crippen LogP contribution is -2.49. The Bertz CT molecular complexity index is 1130. The van der Waals surface area contributed by atoms with Gasteiger partial charge < -0.3 is 4.90 Å². The lowest BCUT2D eigenvalue weighted by molar-refractivity contribution is 0.383. The van der Waals surface area contributed by atoms with E-state index < -0.39 is 10.0 Å². The van der Waals surface area contributed by atoms with E-state index in [-0.39, 0.29) is 0 Å². The van der Waals surface area contributed by atoms with Gasteiger partial charge in [0.15, 0.2) is 0 Å². The van der Waals surface area contributed by atoms with Crippen molar-refractivity contribution in [3.8, 4) is 5.82 Å². The average Bonchev–Trinajstić information content (AvgIpc) is 3.14. The van der Waals surface area contributed by atoms with Crippen molar-refractivity contribution in [2.75, 3.05) is 31.1 Å². The van der Waals surface area contributed by atoms with Crippen LogP contribution in [0.15, 0.2) is 47.9 Å². The number of hydrogen-bond donors (Lipinski definition) is 0. The van der Waals surface area contributed by atoms with Crippen LogP contribution >= 0.6 is 0 Å². The summed E-state index contributed by atoms with van der Waals surface area (Å²) in [6.07, 6.45) is 5.12. The summed E-state index contributed by atoms with van der Waals surface area (Å²) < 4.78 is 29.6. The monoisotopic (exact) mass is 412 g/mol. The minimum atomic E-state index is -3.50. The zero-order valence-electron chi connectivity index (χ0n) is 16.8. The highest BCUT2D eigenvalue weighted by Crippen LogP contribution is 2.24. The standard InChI is InChI=1S/C20H24N6O2S/c1-15-4-5-18(16(2)12-15)29(27,28)25-10-8-24(9-11-25)19-13-20(23-14-22-19)26-7-6-21-17(26)3/h4-7,12-14H,8-11H2,1-3H3. The highest BCUT2D eigenvalue weighted by Gasteiger charge is 2.30. The van der Waals surface area contributed by atoms with Crippen LogP contribution in [0.5, 0.6) is 0 Å². The van der Waals surface area contributed by atoms with Crippen molar-refractivity contribution in [1.82, 2.24) is 23.8 Å². The van der Waals surface area contributed by atoms with Crippen LogP contribution in [-0.2, 0) is 10.0 Å². The summed E-state index contributed by atoms with van der Waals surface area (Å²) in [5, 5.41) is 0. The third-order valence-electron chi connectivity index (χ3n) is 5.22. The molecule has 2 aromatic heterocycles.